The average Bonchev–Trinajstić information content (AvgIpc) is 1.90. The summed E-state index contributed by atoms with van der Waals surface area (Å²) in [7, 11) is 0. The van der Waals surface area contributed by atoms with Crippen LogP contribution in [0, 0.1) is 0 Å². The van der Waals surface area contributed by atoms with Crippen LogP contribution in [0.5, 0.6) is 0 Å². The molecule has 1 saturated heterocycles. The molecule has 1 heterocycles. The molecular formula is C7H16AlN. The Kier molecular flexibility index (Phi) is 3.05. The van der Waals surface area contributed by atoms with Crippen LogP contribution in [0.25, 0.3) is 0 Å². The molecular weight excluding hydrogens is 125 g/mol. The maximum absolute atomic E-state index is 2.70. The molecule has 2 heteroatoms. The van der Waals surface area contributed by atoms with E-state index in [-0.39, 0.29) is 0 Å². The second-order valence-electron chi connectivity index (χ2n) is 3.19. The van der Waals surface area contributed by atoms with Crippen LogP contribution in [0.2, 0.25) is 11.6 Å². The molecule has 52 valence electrons. The fourth-order valence-electron chi connectivity index (χ4n) is 1.43. The van der Waals surface area contributed by atoms with Gasteiger partial charge in [-0.1, -0.05) is 18.0 Å². The second-order valence-corrected chi connectivity index (χ2v) is 6.11. The Bertz CT molecular complexity index is 77.0. The van der Waals surface area contributed by atoms with E-state index >= 15 is 0 Å². The topological polar surface area (TPSA) is 3.24 Å². The van der Waals surface area contributed by atoms with Gasteiger partial charge in [-0.15, -0.1) is 0 Å². The first kappa shape index (κ1) is 7.60. The predicted molar refractivity (Wildman–Crippen MR) is 42.9 cm³/mol. The zero-order chi connectivity index (χ0) is 6.69. The van der Waals surface area contributed by atoms with Crippen molar-refractivity contribution >= 4 is 14.4 Å². The lowest BCUT2D eigenvalue weighted by molar-refractivity contribution is 0.354. The Labute approximate surface area is 62.7 Å². The van der Waals surface area contributed by atoms with Crippen LogP contribution >= 0.6 is 0 Å². The van der Waals surface area contributed by atoms with Gasteiger partial charge in [0, 0.05) is 0 Å². The van der Waals surface area contributed by atoms with Gasteiger partial charge in [-0.2, -0.15) is 0 Å². The third-order valence-corrected chi connectivity index (χ3v) is 4.10. The average molecular weight is 141 g/mol. The fraction of sp³-hybridized carbons (Fsp3) is 1.00. The molecule has 1 aliphatic rings. The molecule has 0 aliphatic carbocycles. The lowest BCUT2D eigenvalue weighted by Gasteiger charge is -2.28. The first-order valence-electron chi connectivity index (χ1n) is 4.05. The molecule has 0 spiro atoms. The van der Waals surface area contributed by atoms with Crippen molar-refractivity contribution in [1.82, 2.24) is 3.88 Å². The Hall–Kier alpha value is 0.492. The van der Waals surface area contributed by atoms with E-state index in [0.29, 0.717) is 0 Å². The van der Waals surface area contributed by atoms with Crippen LogP contribution in [0.15, 0.2) is 0 Å². The molecule has 0 saturated carbocycles. The van der Waals surface area contributed by atoms with E-state index in [0.717, 1.165) is 0 Å². The van der Waals surface area contributed by atoms with Crippen molar-refractivity contribution in [2.45, 2.75) is 30.8 Å². The summed E-state index contributed by atoms with van der Waals surface area (Å²) >= 11 is -0.419. The van der Waals surface area contributed by atoms with E-state index in [4.69, 9.17) is 0 Å². The van der Waals surface area contributed by atoms with Gasteiger partial charge >= 0.3 is 14.4 Å². The number of hydrogen-bond donors (Lipinski definition) is 0. The Morgan fingerprint density at radius 1 is 1.00 bits per heavy atom. The summed E-state index contributed by atoms with van der Waals surface area (Å²) in [5.41, 5.74) is 0. The monoisotopic (exact) mass is 141 g/mol. The van der Waals surface area contributed by atoms with Crippen LogP contribution in [-0.4, -0.2) is 31.3 Å². The molecule has 0 aromatic heterocycles. The van der Waals surface area contributed by atoms with E-state index in [1.165, 1.54) is 32.4 Å². The van der Waals surface area contributed by atoms with Crippen molar-refractivity contribution in [2.75, 3.05) is 13.1 Å². The Balaban J connectivity index is 2.23. The SMILES string of the molecule is [CH3][Al]([CH3])[N]1CCCCC1. The Morgan fingerprint density at radius 3 is 1.89 bits per heavy atom. The molecule has 1 rings (SSSR count). The van der Waals surface area contributed by atoms with Crippen molar-refractivity contribution in [1.29, 1.82) is 0 Å². The largest absolute Gasteiger partial charge is 0.385 e. The summed E-state index contributed by atoms with van der Waals surface area (Å²) in [6, 6.07) is 0. The van der Waals surface area contributed by atoms with Crippen molar-refractivity contribution in [2.24, 2.45) is 0 Å². The van der Waals surface area contributed by atoms with E-state index in [9.17, 15) is 0 Å². The zero-order valence-electron chi connectivity index (χ0n) is 6.56. The molecule has 1 nitrogen and oxygen atoms in total. The van der Waals surface area contributed by atoms with E-state index in [1.807, 2.05) is 0 Å². The fourth-order valence-corrected chi connectivity index (χ4v) is 2.83. The molecule has 1 aliphatic heterocycles. The summed E-state index contributed by atoms with van der Waals surface area (Å²) in [5.74, 6) is 4.84. The minimum Gasteiger partial charge on any atom is -0.385 e. The number of piperidine rings is 1. The van der Waals surface area contributed by atoms with Crippen LogP contribution in [0.4, 0.5) is 0 Å². The van der Waals surface area contributed by atoms with Crippen molar-refractivity contribution in [3.05, 3.63) is 0 Å². The highest BCUT2D eigenvalue weighted by atomic mass is 27.2. The van der Waals surface area contributed by atoms with Gasteiger partial charge in [-0.3, -0.25) is 0 Å². The molecule has 0 bridgehead atoms. The zero-order valence-corrected chi connectivity index (χ0v) is 7.71. The summed E-state index contributed by atoms with van der Waals surface area (Å²) in [5, 5.41) is 0. The second kappa shape index (κ2) is 3.61. The smallest absolute Gasteiger partial charge is 0.365 e. The maximum atomic E-state index is 2.70. The van der Waals surface area contributed by atoms with Crippen LogP contribution in [0.3, 0.4) is 0 Å². The molecule has 0 atom stereocenters. The molecule has 9 heavy (non-hydrogen) atoms. The highest BCUT2D eigenvalue weighted by Crippen LogP contribution is 2.09. The van der Waals surface area contributed by atoms with Gasteiger partial charge in [0.2, 0.25) is 0 Å². The van der Waals surface area contributed by atoms with Gasteiger partial charge in [0.15, 0.2) is 0 Å². The van der Waals surface area contributed by atoms with E-state index in [1.54, 1.807) is 0 Å². The normalized spacial score (nSPS) is 22.0. The lowest BCUT2D eigenvalue weighted by Crippen LogP contribution is -2.38. The first-order valence-corrected chi connectivity index (χ1v) is 6.87. The number of rotatable bonds is 1. The van der Waals surface area contributed by atoms with Crippen molar-refractivity contribution in [3.8, 4) is 0 Å². The molecule has 0 aromatic rings. The minimum atomic E-state index is -0.419. The summed E-state index contributed by atoms with van der Waals surface area (Å²) < 4.78 is 2.70. The van der Waals surface area contributed by atoms with Gasteiger partial charge in [0.25, 0.3) is 0 Å². The molecule has 0 amide bonds. The lowest BCUT2D eigenvalue weighted by atomic mass is 10.2. The molecule has 0 unspecified atom stereocenters. The highest BCUT2D eigenvalue weighted by molar-refractivity contribution is 6.52. The van der Waals surface area contributed by atoms with Gasteiger partial charge in [-0.05, 0) is 25.9 Å². The third-order valence-electron chi connectivity index (χ3n) is 2.12. The Morgan fingerprint density at radius 2 is 1.56 bits per heavy atom. The van der Waals surface area contributed by atoms with Crippen molar-refractivity contribution in [3.63, 3.8) is 0 Å². The third kappa shape index (κ3) is 2.29. The van der Waals surface area contributed by atoms with Crippen LogP contribution < -0.4 is 0 Å². The summed E-state index contributed by atoms with van der Waals surface area (Å²) in [4.78, 5) is 0. The van der Waals surface area contributed by atoms with E-state index in [2.05, 4.69) is 15.5 Å². The van der Waals surface area contributed by atoms with Gasteiger partial charge in [0.05, 0.1) is 0 Å². The molecule has 0 N–H and O–H groups in total. The van der Waals surface area contributed by atoms with Gasteiger partial charge in [-0.25, -0.2) is 0 Å². The first-order chi connectivity index (χ1) is 4.30. The van der Waals surface area contributed by atoms with Crippen LogP contribution in [0.1, 0.15) is 19.3 Å². The quantitative estimate of drug-likeness (QED) is 0.502. The number of nitrogens with zero attached hydrogens (tertiary/aromatic N) is 1. The summed E-state index contributed by atoms with van der Waals surface area (Å²) in [6.45, 7) is 2.79. The predicted octanol–water partition coefficient (Wildman–Crippen LogP) is 1.72. The minimum absolute atomic E-state index is 0.419. The molecule has 0 radical (unpaired) electrons. The van der Waals surface area contributed by atoms with E-state index < -0.39 is 14.4 Å². The van der Waals surface area contributed by atoms with Crippen LogP contribution in [-0.2, 0) is 0 Å². The highest BCUT2D eigenvalue weighted by Gasteiger charge is 2.16. The number of hydrogen-bond acceptors (Lipinski definition) is 1. The summed E-state index contributed by atoms with van der Waals surface area (Å²) in [6.07, 6.45) is 4.37. The molecule has 1 fully saturated rings. The van der Waals surface area contributed by atoms with Crippen molar-refractivity contribution < 1.29 is 0 Å². The molecule has 0 aromatic carbocycles. The standard InChI is InChI=1S/C5H10N.2CH3.Al/c1-2-4-6-5-3-1;;;/h1-5H2;2*1H3;/q-1;;;+1. The van der Waals surface area contributed by atoms with Gasteiger partial charge in [0.1, 0.15) is 0 Å². The maximum Gasteiger partial charge on any atom is 0.365 e. The van der Waals surface area contributed by atoms with Gasteiger partial charge < -0.3 is 3.88 Å².